The zero-order valence-electron chi connectivity index (χ0n) is 29.7. The number of para-hydroxylation sites is 5. The number of hydrogen-bond donors (Lipinski definition) is 0. The standard InChI is InChI=1S/C48H31N3.C2H6/c1-3-15-32(16-4-1)34-27-35(33-17-5-2-6-18-33)29-36(28-34)50-45-25-13-14-26-46(45)51-44-24-12-9-21-40(44)41-30-37(31-47(50)48(41)51)49-42-22-10-7-19-38(42)39-20-8-11-23-43(39)49;1-2/h1-31H;1-2H3. The first-order valence-corrected chi connectivity index (χ1v) is 18.5. The Labute approximate surface area is 309 Å². The van der Waals surface area contributed by atoms with Crippen LogP contribution in [0.15, 0.2) is 188 Å². The third kappa shape index (κ3) is 4.74. The van der Waals surface area contributed by atoms with Crippen molar-refractivity contribution >= 4 is 60.7 Å². The average Bonchev–Trinajstić information content (AvgIpc) is 3.76. The molecule has 2 aromatic heterocycles. The first kappa shape index (κ1) is 30.9. The van der Waals surface area contributed by atoms with Crippen molar-refractivity contribution in [2.45, 2.75) is 13.8 Å². The van der Waals surface area contributed by atoms with Crippen LogP contribution in [0.4, 0.5) is 17.1 Å². The molecule has 0 atom stereocenters. The Morgan fingerprint density at radius 3 is 1.32 bits per heavy atom. The zero-order valence-corrected chi connectivity index (χ0v) is 29.7. The van der Waals surface area contributed by atoms with Crippen molar-refractivity contribution in [3.8, 4) is 33.6 Å². The second-order valence-corrected chi connectivity index (χ2v) is 13.4. The fraction of sp³-hybridized carbons (Fsp3) is 0.0400. The molecule has 0 N–H and O–H groups in total. The number of rotatable bonds is 4. The molecule has 3 heteroatoms. The van der Waals surface area contributed by atoms with Crippen LogP contribution in [0.5, 0.6) is 0 Å². The van der Waals surface area contributed by atoms with Crippen LogP contribution in [0.2, 0.25) is 0 Å². The lowest BCUT2D eigenvalue weighted by atomic mass is 9.96. The minimum absolute atomic E-state index is 1.12. The van der Waals surface area contributed by atoms with Crippen molar-refractivity contribution in [1.29, 1.82) is 0 Å². The maximum absolute atomic E-state index is 2.49. The van der Waals surface area contributed by atoms with Crippen LogP contribution in [0.3, 0.4) is 0 Å². The van der Waals surface area contributed by atoms with E-state index in [0.29, 0.717) is 0 Å². The van der Waals surface area contributed by atoms with E-state index < -0.39 is 0 Å². The van der Waals surface area contributed by atoms with Gasteiger partial charge >= 0.3 is 0 Å². The normalized spacial score (nSPS) is 11.9. The molecule has 0 aliphatic carbocycles. The second-order valence-electron chi connectivity index (χ2n) is 13.4. The van der Waals surface area contributed by atoms with E-state index in [1.54, 1.807) is 0 Å². The summed E-state index contributed by atoms with van der Waals surface area (Å²) in [6.45, 7) is 4.00. The summed E-state index contributed by atoms with van der Waals surface area (Å²) in [5.41, 5.74) is 15.3. The maximum atomic E-state index is 2.49. The predicted molar refractivity (Wildman–Crippen MR) is 226 cm³/mol. The molecule has 1 aliphatic rings. The molecule has 11 rings (SSSR count). The number of anilines is 3. The summed E-state index contributed by atoms with van der Waals surface area (Å²) in [5, 5.41) is 5.00. The van der Waals surface area contributed by atoms with Gasteiger partial charge in [0.15, 0.2) is 0 Å². The molecule has 8 aromatic carbocycles. The van der Waals surface area contributed by atoms with Gasteiger partial charge in [0.25, 0.3) is 0 Å². The Kier molecular flexibility index (Phi) is 7.26. The van der Waals surface area contributed by atoms with E-state index in [4.69, 9.17) is 0 Å². The van der Waals surface area contributed by atoms with Gasteiger partial charge < -0.3 is 14.0 Å². The van der Waals surface area contributed by atoms with Gasteiger partial charge in [-0.25, -0.2) is 0 Å². The summed E-state index contributed by atoms with van der Waals surface area (Å²) in [5.74, 6) is 0. The molecule has 252 valence electrons. The van der Waals surface area contributed by atoms with E-state index in [2.05, 4.69) is 202 Å². The van der Waals surface area contributed by atoms with Crippen LogP contribution in [0.25, 0.3) is 77.2 Å². The minimum Gasteiger partial charge on any atom is -0.309 e. The Bertz CT molecular complexity index is 2860. The summed E-state index contributed by atoms with van der Waals surface area (Å²) >= 11 is 0. The van der Waals surface area contributed by atoms with E-state index in [0.717, 1.165) is 22.7 Å². The molecular weight excluding hydrogens is 643 g/mol. The molecule has 53 heavy (non-hydrogen) atoms. The van der Waals surface area contributed by atoms with Gasteiger partial charge in [-0.1, -0.05) is 141 Å². The van der Waals surface area contributed by atoms with Crippen molar-refractivity contribution in [3.63, 3.8) is 0 Å². The van der Waals surface area contributed by atoms with Crippen LogP contribution in [-0.2, 0) is 0 Å². The molecule has 0 saturated carbocycles. The van der Waals surface area contributed by atoms with E-state index in [-0.39, 0.29) is 0 Å². The highest BCUT2D eigenvalue weighted by Gasteiger charge is 2.30. The highest BCUT2D eigenvalue weighted by Crippen LogP contribution is 2.52. The molecule has 0 spiro atoms. The molecular formula is C50H37N3. The molecule has 1 aliphatic heterocycles. The SMILES string of the molecule is CC.c1ccc(-c2cc(-c3ccccc3)cc(N3c4ccccc4-n4c5ccccc5c5cc(-n6c7ccccc7c7ccccc76)cc3c54)c2)cc1. The number of aromatic nitrogens is 2. The smallest absolute Gasteiger partial charge is 0.0784 e. The van der Waals surface area contributed by atoms with E-state index >= 15 is 0 Å². The van der Waals surface area contributed by atoms with Gasteiger partial charge in [-0.2, -0.15) is 0 Å². The van der Waals surface area contributed by atoms with Gasteiger partial charge in [0.2, 0.25) is 0 Å². The fourth-order valence-electron chi connectivity index (χ4n) is 8.40. The molecule has 3 heterocycles. The quantitative estimate of drug-likeness (QED) is 0.180. The van der Waals surface area contributed by atoms with Crippen molar-refractivity contribution in [2.75, 3.05) is 4.90 Å². The Hall–Kier alpha value is -6.84. The van der Waals surface area contributed by atoms with Crippen LogP contribution in [0, 0.1) is 0 Å². The van der Waals surface area contributed by atoms with Crippen LogP contribution >= 0.6 is 0 Å². The number of fused-ring (bicyclic) bond motifs is 8. The Balaban J connectivity index is 0.00000172. The van der Waals surface area contributed by atoms with Gasteiger partial charge in [-0.3, -0.25) is 0 Å². The number of benzene rings is 8. The second kappa shape index (κ2) is 12.4. The topological polar surface area (TPSA) is 13.1 Å². The predicted octanol–water partition coefficient (Wildman–Crippen LogP) is 14.0. The average molecular weight is 680 g/mol. The fourth-order valence-corrected chi connectivity index (χ4v) is 8.40. The highest BCUT2D eigenvalue weighted by molar-refractivity contribution is 6.18. The summed E-state index contributed by atoms with van der Waals surface area (Å²) in [6, 6.07) is 68.6. The lowest BCUT2D eigenvalue weighted by Gasteiger charge is -2.34. The third-order valence-corrected chi connectivity index (χ3v) is 10.6. The molecule has 0 fully saturated rings. The molecule has 0 unspecified atom stereocenters. The summed E-state index contributed by atoms with van der Waals surface area (Å²) < 4.78 is 4.92. The van der Waals surface area contributed by atoms with E-state index in [1.165, 1.54) is 71.6 Å². The molecule has 0 saturated heterocycles. The van der Waals surface area contributed by atoms with Crippen molar-refractivity contribution in [2.24, 2.45) is 0 Å². The minimum atomic E-state index is 1.12. The summed E-state index contributed by atoms with van der Waals surface area (Å²) in [6.07, 6.45) is 0. The third-order valence-electron chi connectivity index (χ3n) is 10.6. The first-order chi connectivity index (χ1) is 26.3. The Morgan fingerprint density at radius 2 is 0.755 bits per heavy atom. The Morgan fingerprint density at radius 1 is 0.302 bits per heavy atom. The van der Waals surface area contributed by atoms with Crippen LogP contribution in [0.1, 0.15) is 13.8 Å². The molecule has 0 radical (unpaired) electrons. The molecule has 0 bridgehead atoms. The largest absolute Gasteiger partial charge is 0.309 e. The maximum Gasteiger partial charge on any atom is 0.0784 e. The summed E-state index contributed by atoms with van der Waals surface area (Å²) in [4.78, 5) is 2.49. The van der Waals surface area contributed by atoms with Crippen LogP contribution in [-0.4, -0.2) is 9.13 Å². The molecule has 10 aromatic rings. The lowest BCUT2D eigenvalue weighted by molar-refractivity contribution is 1.10. The molecule has 0 amide bonds. The monoisotopic (exact) mass is 679 g/mol. The van der Waals surface area contributed by atoms with E-state index in [1.807, 2.05) is 13.8 Å². The number of nitrogens with zero attached hydrogens (tertiary/aromatic N) is 3. The van der Waals surface area contributed by atoms with Gasteiger partial charge in [-0.05, 0) is 82.9 Å². The zero-order chi connectivity index (χ0) is 35.5. The summed E-state index contributed by atoms with van der Waals surface area (Å²) in [7, 11) is 0. The highest BCUT2D eigenvalue weighted by atomic mass is 15.2. The van der Waals surface area contributed by atoms with Crippen molar-refractivity contribution < 1.29 is 0 Å². The first-order valence-electron chi connectivity index (χ1n) is 18.5. The van der Waals surface area contributed by atoms with Crippen LogP contribution < -0.4 is 4.90 Å². The van der Waals surface area contributed by atoms with Gasteiger partial charge in [0.05, 0.1) is 39.1 Å². The van der Waals surface area contributed by atoms with Gasteiger partial charge in [-0.15, -0.1) is 0 Å². The van der Waals surface area contributed by atoms with Gasteiger partial charge in [0.1, 0.15) is 0 Å². The number of hydrogen-bond acceptors (Lipinski definition) is 1. The van der Waals surface area contributed by atoms with Crippen molar-refractivity contribution in [1.82, 2.24) is 9.13 Å². The lowest BCUT2D eigenvalue weighted by Crippen LogP contribution is -2.18. The van der Waals surface area contributed by atoms with Crippen molar-refractivity contribution in [3.05, 3.63) is 188 Å². The van der Waals surface area contributed by atoms with Gasteiger partial charge in [0, 0.05) is 32.9 Å². The van der Waals surface area contributed by atoms with E-state index in [9.17, 15) is 0 Å². The molecule has 3 nitrogen and oxygen atoms in total.